The molecular weight excluding hydrogens is 150 g/mol. The quantitative estimate of drug-likeness (QED) is 0.714. The fourth-order valence-corrected chi connectivity index (χ4v) is 1.13. The molecule has 0 unspecified atom stereocenters. The number of hydrogen-bond donors (Lipinski definition) is 2. The first-order valence-electron chi connectivity index (χ1n) is 4.16. The molecule has 0 bridgehead atoms. The summed E-state index contributed by atoms with van der Waals surface area (Å²) < 4.78 is 0. The molecule has 0 aliphatic rings. The lowest BCUT2D eigenvalue weighted by Crippen LogP contribution is -2.06. The normalized spacial score (nSPS) is 9.92. The van der Waals surface area contributed by atoms with Crippen LogP contribution in [0, 0.1) is 13.8 Å². The van der Waals surface area contributed by atoms with Crippen LogP contribution in [0.5, 0.6) is 0 Å². The first-order chi connectivity index (χ1) is 5.75. The van der Waals surface area contributed by atoms with E-state index in [0.717, 1.165) is 5.69 Å². The third-order valence-electron chi connectivity index (χ3n) is 2.03. The van der Waals surface area contributed by atoms with E-state index in [2.05, 4.69) is 25.2 Å². The molecule has 0 saturated heterocycles. The summed E-state index contributed by atoms with van der Waals surface area (Å²) in [5.74, 6) is 0. The molecular formula is C10H15NO. The zero-order valence-corrected chi connectivity index (χ0v) is 7.59. The van der Waals surface area contributed by atoms with E-state index in [1.165, 1.54) is 11.1 Å². The molecule has 0 saturated carbocycles. The standard InChI is InChI=1S/C10H15NO/c1-8-4-3-5-10(9(8)2)11-6-7-12/h3-5,11-12H,6-7H2,1-2H3. The van der Waals surface area contributed by atoms with Crippen LogP contribution in [-0.4, -0.2) is 18.3 Å². The van der Waals surface area contributed by atoms with Crippen molar-refractivity contribution in [2.75, 3.05) is 18.5 Å². The molecule has 0 spiro atoms. The van der Waals surface area contributed by atoms with Gasteiger partial charge in [-0.15, -0.1) is 0 Å². The molecule has 2 nitrogen and oxygen atoms in total. The van der Waals surface area contributed by atoms with Crippen molar-refractivity contribution < 1.29 is 5.11 Å². The predicted molar refractivity (Wildman–Crippen MR) is 51.5 cm³/mol. The van der Waals surface area contributed by atoms with Crippen LogP contribution in [0.2, 0.25) is 0 Å². The van der Waals surface area contributed by atoms with Gasteiger partial charge in [0.25, 0.3) is 0 Å². The van der Waals surface area contributed by atoms with E-state index >= 15 is 0 Å². The van der Waals surface area contributed by atoms with Crippen LogP contribution < -0.4 is 5.32 Å². The van der Waals surface area contributed by atoms with Crippen molar-refractivity contribution >= 4 is 5.69 Å². The Hall–Kier alpha value is -1.02. The topological polar surface area (TPSA) is 32.3 Å². The van der Waals surface area contributed by atoms with Crippen LogP contribution in [0.4, 0.5) is 5.69 Å². The minimum Gasteiger partial charge on any atom is -0.395 e. The van der Waals surface area contributed by atoms with Gasteiger partial charge in [0.05, 0.1) is 6.61 Å². The summed E-state index contributed by atoms with van der Waals surface area (Å²) in [4.78, 5) is 0. The van der Waals surface area contributed by atoms with Crippen LogP contribution in [0.15, 0.2) is 18.2 Å². The fraction of sp³-hybridized carbons (Fsp3) is 0.400. The summed E-state index contributed by atoms with van der Waals surface area (Å²) in [5.41, 5.74) is 3.65. The minimum absolute atomic E-state index is 0.174. The molecule has 0 aliphatic heterocycles. The van der Waals surface area contributed by atoms with Crippen LogP contribution in [0.25, 0.3) is 0 Å². The van der Waals surface area contributed by atoms with Crippen molar-refractivity contribution in [3.63, 3.8) is 0 Å². The maximum absolute atomic E-state index is 8.63. The number of aliphatic hydroxyl groups is 1. The number of anilines is 1. The van der Waals surface area contributed by atoms with Crippen molar-refractivity contribution in [2.45, 2.75) is 13.8 Å². The van der Waals surface area contributed by atoms with E-state index in [4.69, 9.17) is 5.11 Å². The largest absolute Gasteiger partial charge is 0.395 e. The van der Waals surface area contributed by atoms with Crippen LogP contribution >= 0.6 is 0 Å². The molecule has 0 heterocycles. The zero-order chi connectivity index (χ0) is 8.97. The van der Waals surface area contributed by atoms with E-state index in [0.29, 0.717) is 6.54 Å². The van der Waals surface area contributed by atoms with Gasteiger partial charge in [-0.1, -0.05) is 12.1 Å². The Morgan fingerprint density at radius 3 is 2.75 bits per heavy atom. The molecule has 2 N–H and O–H groups in total. The van der Waals surface area contributed by atoms with Gasteiger partial charge in [-0.2, -0.15) is 0 Å². The second kappa shape index (κ2) is 4.12. The molecule has 0 radical (unpaired) electrons. The summed E-state index contributed by atoms with van der Waals surface area (Å²) in [6.45, 7) is 4.95. The monoisotopic (exact) mass is 165 g/mol. The van der Waals surface area contributed by atoms with Gasteiger partial charge in [-0.3, -0.25) is 0 Å². The molecule has 1 aromatic rings. The lowest BCUT2D eigenvalue weighted by molar-refractivity contribution is 0.311. The van der Waals surface area contributed by atoms with Crippen molar-refractivity contribution in [1.29, 1.82) is 0 Å². The first-order valence-corrected chi connectivity index (χ1v) is 4.16. The highest BCUT2D eigenvalue weighted by Gasteiger charge is 1.97. The molecule has 0 amide bonds. The number of rotatable bonds is 3. The molecule has 1 aromatic carbocycles. The van der Waals surface area contributed by atoms with Crippen molar-refractivity contribution in [3.8, 4) is 0 Å². The fourth-order valence-electron chi connectivity index (χ4n) is 1.13. The van der Waals surface area contributed by atoms with Gasteiger partial charge in [-0.05, 0) is 31.0 Å². The Labute approximate surface area is 73.2 Å². The maximum atomic E-state index is 8.63. The van der Waals surface area contributed by atoms with Crippen LogP contribution in [0.3, 0.4) is 0 Å². The average Bonchev–Trinajstić information content (AvgIpc) is 2.08. The van der Waals surface area contributed by atoms with Gasteiger partial charge in [0, 0.05) is 12.2 Å². The Bertz CT molecular complexity index is 258. The zero-order valence-electron chi connectivity index (χ0n) is 7.59. The second-order valence-corrected chi connectivity index (χ2v) is 2.90. The molecule has 0 fully saturated rings. The molecule has 66 valence electrons. The third-order valence-corrected chi connectivity index (χ3v) is 2.03. The van der Waals surface area contributed by atoms with Gasteiger partial charge in [0.2, 0.25) is 0 Å². The molecule has 0 aromatic heterocycles. The van der Waals surface area contributed by atoms with Crippen LogP contribution in [0.1, 0.15) is 11.1 Å². The van der Waals surface area contributed by atoms with E-state index < -0.39 is 0 Å². The lowest BCUT2D eigenvalue weighted by atomic mass is 10.1. The van der Waals surface area contributed by atoms with Crippen molar-refractivity contribution in [3.05, 3.63) is 29.3 Å². The highest BCUT2D eigenvalue weighted by molar-refractivity contribution is 5.53. The van der Waals surface area contributed by atoms with Gasteiger partial charge >= 0.3 is 0 Å². The van der Waals surface area contributed by atoms with E-state index in [9.17, 15) is 0 Å². The predicted octanol–water partition coefficient (Wildman–Crippen LogP) is 1.71. The Morgan fingerprint density at radius 2 is 2.08 bits per heavy atom. The number of nitrogens with one attached hydrogen (secondary N) is 1. The number of benzene rings is 1. The van der Waals surface area contributed by atoms with Crippen LogP contribution in [-0.2, 0) is 0 Å². The van der Waals surface area contributed by atoms with E-state index in [1.807, 2.05) is 12.1 Å². The Balaban J connectivity index is 2.78. The molecule has 12 heavy (non-hydrogen) atoms. The highest BCUT2D eigenvalue weighted by Crippen LogP contribution is 2.17. The molecule has 2 heteroatoms. The first kappa shape index (κ1) is 9.07. The average molecular weight is 165 g/mol. The molecule has 0 aliphatic carbocycles. The summed E-state index contributed by atoms with van der Waals surface area (Å²) in [7, 11) is 0. The number of aryl methyl sites for hydroxylation is 1. The van der Waals surface area contributed by atoms with E-state index in [1.54, 1.807) is 0 Å². The number of hydrogen-bond acceptors (Lipinski definition) is 2. The Kier molecular flexibility index (Phi) is 3.11. The summed E-state index contributed by atoms with van der Waals surface area (Å²) in [6.07, 6.45) is 0. The van der Waals surface area contributed by atoms with Crippen molar-refractivity contribution in [2.24, 2.45) is 0 Å². The van der Waals surface area contributed by atoms with Gasteiger partial charge in [0.15, 0.2) is 0 Å². The second-order valence-electron chi connectivity index (χ2n) is 2.90. The van der Waals surface area contributed by atoms with E-state index in [-0.39, 0.29) is 6.61 Å². The summed E-state index contributed by atoms with van der Waals surface area (Å²) in [5, 5.41) is 11.8. The maximum Gasteiger partial charge on any atom is 0.0604 e. The summed E-state index contributed by atoms with van der Waals surface area (Å²) >= 11 is 0. The summed E-state index contributed by atoms with van der Waals surface area (Å²) in [6, 6.07) is 6.12. The SMILES string of the molecule is Cc1cccc(NCCO)c1C. The van der Waals surface area contributed by atoms with Gasteiger partial charge in [-0.25, -0.2) is 0 Å². The highest BCUT2D eigenvalue weighted by atomic mass is 16.3. The van der Waals surface area contributed by atoms with Gasteiger partial charge in [0.1, 0.15) is 0 Å². The third kappa shape index (κ3) is 1.98. The molecule has 1 rings (SSSR count). The lowest BCUT2D eigenvalue weighted by Gasteiger charge is -2.09. The molecule has 0 atom stereocenters. The number of aliphatic hydroxyl groups excluding tert-OH is 1. The smallest absolute Gasteiger partial charge is 0.0604 e. The minimum atomic E-state index is 0.174. The Morgan fingerprint density at radius 1 is 1.33 bits per heavy atom. The van der Waals surface area contributed by atoms with Gasteiger partial charge < -0.3 is 10.4 Å². The van der Waals surface area contributed by atoms with Crippen molar-refractivity contribution in [1.82, 2.24) is 0 Å².